The molecule has 3 atom stereocenters. The number of rotatable bonds is 6. The molecule has 0 saturated heterocycles. The standard InChI is InChI=1S/C19H30N2O/c1-3-15(2)21(14-16-9-5-4-6-10-16)19(22)13-17-11-7-8-12-18(17)20/h4-6,9-10,15,17-18H,3,7-8,11-14,20H2,1-2H3. The van der Waals surface area contributed by atoms with Gasteiger partial charge in [0.2, 0.25) is 5.91 Å². The summed E-state index contributed by atoms with van der Waals surface area (Å²) in [5.41, 5.74) is 7.42. The monoisotopic (exact) mass is 302 g/mol. The molecule has 3 nitrogen and oxygen atoms in total. The van der Waals surface area contributed by atoms with Gasteiger partial charge in [0, 0.05) is 25.0 Å². The maximum absolute atomic E-state index is 12.8. The zero-order valence-corrected chi connectivity index (χ0v) is 14.0. The van der Waals surface area contributed by atoms with E-state index < -0.39 is 0 Å². The number of hydrogen-bond donors (Lipinski definition) is 1. The molecule has 3 heteroatoms. The van der Waals surface area contributed by atoms with Gasteiger partial charge in [-0.2, -0.15) is 0 Å². The van der Waals surface area contributed by atoms with Gasteiger partial charge in [0.05, 0.1) is 0 Å². The number of hydrogen-bond acceptors (Lipinski definition) is 2. The molecule has 1 saturated carbocycles. The zero-order valence-electron chi connectivity index (χ0n) is 14.0. The van der Waals surface area contributed by atoms with Crippen molar-refractivity contribution in [2.24, 2.45) is 11.7 Å². The highest BCUT2D eigenvalue weighted by Crippen LogP contribution is 2.27. The second-order valence-corrected chi connectivity index (χ2v) is 6.68. The van der Waals surface area contributed by atoms with E-state index in [2.05, 4.69) is 26.0 Å². The van der Waals surface area contributed by atoms with E-state index in [0.717, 1.165) is 19.3 Å². The fourth-order valence-corrected chi connectivity index (χ4v) is 3.32. The second kappa shape index (κ2) is 8.33. The molecule has 1 aliphatic carbocycles. The van der Waals surface area contributed by atoms with Crippen LogP contribution >= 0.6 is 0 Å². The van der Waals surface area contributed by atoms with Crippen molar-refractivity contribution in [3.05, 3.63) is 35.9 Å². The minimum atomic E-state index is 0.202. The molecule has 1 amide bonds. The third-order valence-corrected chi connectivity index (χ3v) is 5.04. The molecule has 3 unspecified atom stereocenters. The van der Waals surface area contributed by atoms with E-state index in [1.165, 1.54) is 18.4 Å². The van der Waals surface area contributed by atoms with E-state index in [9.17, 15) is 4.79 Å². The molecule has 2 N–H and O–H groups in total. The lowest BCUT2D eigenvalue weighted by Crippen LogP contribution is -2.42. The Balaban J connectivity index is 2.02. The first-order valence-corrected chi connectivity index (χ1v) is 8.70. The Morgan fingerprint density at radius 3 is 2.59 bits per heavy atom. The molecule has 1 aliphatic rings. The van der Waals surface area contributed by atoms with Crippen molar-refractivity contribution in [2.75, 3.05) is 0 Å². The van der Waals surface area contributed by atoms with Gasteiger partial charge in [-0.3, -0.25) is 4.79 Å². The Bertz CT molecular complexity index is 460. The number of nitrogens with zero attached hydrogens (tertiary/aromatic N) is 1. The van der Waals surface area contributed by atoms with Crippen molar-refractivity contribution < 1.29 is 4.79 Å². The zero-order chi connectivity index (χ0) is 15.9. The van der Waals surface area contributed by atoms with Crippen LogP contribution in [0.15, 0.2) is 30.3 Å². The van der Waals surface area contributed by atoms with Gasteiger partial charge >= 0.3 is 0 Å². The molecule has 1 fully saturated rings. The van der Waals surface area contributed by atoms with E-state index >= 15 is 0 Å². The molecule has 0 bridgehead atoms. The normalized spacial score (nSPS) is 23.0. The van der Waals surface area contributed by atoms with E-state index in [-0.39, 0.29) is 18.0 Å². The van der Waals surface area contributed by atoms with Crippen LogP contribution in [0.3, 0.4) is 0 Å². The van der Waals surface area contributed by atoms with Crippen LogP contribution in [0.4, 0.5) is 0 Å². The fraction of sp³-hybridized carbons (Fsp3) is 0.632. The van der Waals surface area contributed by atoms with E-state index in [1.54, 1.807) is 0 Å². The van der Waals surface area contributed by atoms with Gasteiger partial charge in [-0.05, 0) is 37.7 Å². The highest BCUT2D eigenvalue weighted by Gasteiger charge is 2.27. The van der Waals surface area contributed by atoms with Crippen molar-refractivity contribution in [1.82, 2.24) is 4.90 Å². The third kappa shape index (κ3) is 4.57. The number of carbonyl (C=O) groups excluding carboxylic acids is 1. The van der Waals surface area contributed by atoms with Crippen molar-refractivity contribution in [1.29, 1.82) is 0 Å². The van der Waals surface area contributed by atoms with Crippen molar-refractivity contribution in [3.63, 3.8) is 0 Å². The van der Waals surface area contributed by atoms with Crippen molar-refractivity contribution in [3.8, 4) is 0 Å². The van der Waals surface area contributed by atoms with Crippen LogP contribution in [0.2, 0.25) is 0 Å². The topological polar surface area (TPSA) is 46.3 Å². The highest BCUT2D eigenvalue weighted by atomic mass is 16.2. The summed E-state index contributed by atoms with van der Waals surface area (Å²) in [5, 5.41) is 0. The average molecular weight is 302 g/mol. The third-order valence-electron chi connectivity index (χ3n) is 5.04. The summed E-state index contributed by atoms with van der Waals surface area (Å²) in [6, 6.07) is 10.7. The summed E-state index contributed by atoms with van der Waals surface area (Å²) in [7, 11) is 0. The summed E-state index contributed by atoms with van der Waals surface area (Å²) < 4.78 is 0. The second-order valence-electron chi connectivity index (χ2n) is 6.68. The van der Waals surface area contributed by atoms with Crippen molar-refractivity contribution >= 4 is 5.91 Å². The molecule has 122 valence electrons. The van der Waals surface area contributed by atoms with Gasteiger partial charge in [-0.1, -0.05) is 50.1 Å². The first kappa shape index (κ1) is 17.0. The van der Waals surface area contributed by atoms with Crippen LogP contribution in [-0.2, 0) is 11.3 Å². The first-order chi connectivity index (χ1) is 10.6. The van der Waals surface area contributed by atoms with E-state index in [1.807, 2.05) is 23.1 Å². The maximum Gasteiger partial charge on any atom is 0.223 e. The number of amides is 1. The fourth-order valence-electron chi connectivity index (χ4n) is 3.32. The Kier molecular flexibility index (Phi) is 6.44. The van der Waals surface area contributed by atoms with Gasteiger partial charge in [0.1, 0.15) is 0 Å². The SMILES string of the molecule is CCC(C)N(Cc1ccccc1)C(=O)CC1CCCCC1N. The van der Waals surface area contributed by atoms with Gasteiger partial charge in [0.25, 0.3) is 0 Å². The highest BCUT2D eigenvalue weighted by molar-refractivity contribution is 5.77. The molecule has 0 aliphatic heterocycles. The lowest BCUT2D eigenvalue weighted by atomic mass is 9.82. The van der Waals surface area contributed by atoms with Gasteiger partial charge in [-0.25, -0.2) is 0 Å². The van der Waals surface area contributed by atoms with Crippen LogP contribution < -0.4 is 5.73 Å². The summed E-state index contributed by atoms with van der Waals surface area (Å²) in [5.74, 6) is 0.629. The molecule has 0 aromatic heterocycles. The largest absolute Gasteiger partial charge is 0.336 e. The van der Waals surface area contributed by atoms with Gasteiger partial charge < -0.3 is 10.6 Å². The van der Waals surface area contributed by atoms with Gasteiger partial charge in [0.15, 0.2) is 0 Å². The Hall–Kier alpha value is -1.35. The van der Waals surface area contributed by atoms with Crippen LogP contribution in [0.25, 0.3) is 0 Å². The van der Waals surface area contributed by atoms with E-state index in [4.69, 9.17) is 5.73 Å². The van der Waals surface area contributed by atoms with Gasteiger partial charge in [-0.15, -0.1) is 0 Å². The summed E-state index contributed by atoms with van der Waals surface area (Å²) >= 11 is 0. The molecule has 1 aromatic rings. The summed E-state index contributed by atoms with van der Waals surface area (Å²) in [6.07, 6.45) is 6.19. The molecule has 1 aromatic carbocycles. The molecular weight excluding hydrogens is 272 g/mol. The molecule has 0 radical (unpaired) electrons. The van der Waals surface area contributed by atoms with Crippen LogP contribution in [0.5, 0.6) is 0 Å². The summed E-state index contributed by atoms with van der Waals surface area (Å²) in [4.78, 5) is 14.9. The molecule has 2 rings (SSSR count). The molecule has 0 spiro atoms. The lowest BCUT2D eigenvalue weighted by Gasteiger charge is -2.33. The number of nitrogens with two attached hydrogens (primary N) is 1. The predicted octanol–water partition coefficient (Wildman–Crippen LogP) is 3.72. The van der Waals surface area contributed by atoms with Crippen LogP contribution in [0, 0.1) is 5.92 Å². The molecular formula is C19H30N2O. The number of carbonyl (C=O) groups is 1. The Labute approximate surface area is 134 Å². The smallest absolute Gasteiger partial charge is 0.223 e. The molecule has 0 heterocycles. The Morgan fingerprint density at radius 2 is 1.95 bits per heavy atom. The van der Waals surface area contributed by atoms with Crippen molar-refractivity contribution in [2.45, 2.75) is 71.0 Å². The lowest BCUT2D eigenvalue weighted by molar-refractivity contribution is -0.135. The first-order valence-electron chi connectivity index (χ1n) is 8.70. The quantitative estimate of drug-likeness (QED) is 0.870. The van der Waals surface area contributed by atoms with E-state index in [0.29, 0.717) is 18.9 Å². The minimum absolute atomic E-state index is 0.202. The van der Waals surface area contributed by atoms with Crippen LogP contribution in [-0.4, -0.2) is 22.9 Å². The average Bonchev–Trinajstić information content (AvgIpc) is 2.55. The summed E-state index contributed by atoms with van der Waals surface area (Å²) in [6.45, 7) is 4.99. The Morgan fingerprint density at radius 1 is 1.27 bits per heavy atom. The van der Waals surface area contributed by atoms with Crippen LogP contribution in [0.1, 0.15) is 57.9 Å². The molecule has 22 heavy (non-hydrogen) atoms. The minimum Gasteiger partial charge on any atom is -0.336 e. The predicted molar refractivity (Wildman–Crippen MR) is 91.3 cm³/mol. The maximum atomic E-state index is 12.8. The number of benzene rings is 1.